The molecule has 2 rings (SSSR count). The maximum Gasteiger partial charge on any atom is 0.277 e. The van der Waals surface area contributed by atoms with Gasteiger partial charge in [0.15, 0.2) is 18.1 Å². The summed E-state index contributed by atoms with van der Waals surface area (Å²) in [4.78, 5) is 11.8. The Morgan fingerprint density at radius 2 is 1.73 bits per heavy atom. The third-order valence-corrected chi connectivity index (χ3v) is 3.32. The normalized spacial score (nSPS) is 10.4. The second-order valence-corrected chi connectivity index (χ2v) is 5.10. The first-order chi connectivity index (χ1) is 12.7. The average Bonchev–Trinajstić information content (AvgIpc) is 2.68. The van der Waals surface area contributed by atoms with Crippen LogP contribution in [-0.2, 0) is 4.79 Å². The van der Waals surface area contributed by atoms with Gasteiger partial charge in [0.2, 0.25) is 0 Å². The van der Waals surface area contributed by atoms with E-state index in [9.17, 15) is 4.79 Å². The molecule has 7 nitrogen and oxygen atoms in total. The Bertz CT molecular complexity index is 744. The molecule has 2 aromatic rings. The van der Waals surface area contributed by atoms with Gasteiger partial charge in [-0.1, -0.05) is 0 Å². The molecular weight excluding hydrogens is 336 g/mol. The number of nitrogens with one attached hydrogen (secondary N) is 1. The predicted molar refractivity (Wildman–Crippen MR) is 98.4 cm³/mol. The van der Waals surface area contributed by atoms with Crippen LogP contribution < -0.4 is 24.4 Å². The van der Waals surface area contributed by atoms with Crippen molar-refractivity contribution >= 4 is 12.1 Å². The standard InChI is InChI=1S/C19H22N2O5/c1-4-25-17-10-5-14(11-18(17)24-3)12-20-21-19(22)13-26-16-8-6-15(23-2)7-9-16/h5-12H,4,13H2,1-3H3,(H,21,22)/b20-12-. The Balaban J connectivity index is 1.84. The molecule has 0 unspecified atom stereocenters. The first-order valence-corrected chi connectivity index (χ1v) is 8.06. The fraction of sp³-hybridized carbons (Fsp3) is 0.263. The second-order valence-electron chi connectivity index (χ2n) is 5.10. The van der Waals surface area contributed by atoms with E-state index in [0.29, 0.717) is 23.9 Å². The van der Waals surface area contributed by atoms with Crippen molar-refractivity contribution in [3.8, 4) is 23.0 Å². The highest BCUT2D eigenvalue weighted by molar-refractivity contribution is 5.83. The molecule has 0 aromatic heterocycles. The molecule has 0 saturated heterocycles. The number of amides is 1. The van der Waals surface area contributed by atoms with E-state index < -0.39 is 0 Å². The number of hydrogen-bond donors (Lipinski definition) is 1. The summed E-state index contributed by atoms with van der Waals surface area (Å²) in [6.45, 7) is 2.31. The summed E-state index contributed by atoms with van der Waals surface area (Å²) in [7, 11) is 3.15. The van der Waals surface area contributed by atoms with Crippen molar-refractivity contribution in [3.63, 3.8) is 0 Å². The van der Waals surface area contributed by atoms with Crippen molar-refractivity contribution in [1.29, 1.82) is 0 Å². The molecule has 2 aromatic carbocycles. The molecule has 7 heteroatoms. The predicted octanol–water partition coefficient (Wildman–Crippen LogP) is 2.63. The third-order valence-electron chi connectivity index (χ3n) is 3.32. The number of ether oxygens (including phenoxy) is 4. The summed E-state index contributed by atoms with van der Waals surface area (Å²) in [5.74, 6) is 2.18. The van der Waals surface area contributed by atoms with Crippen LogP contribution in [0.3, 0.4) is 0 Å². The highest BCUT2D eigenvalue weighted by Gasteiger charge is 2.05. The Morgan fingerprint density at radius 3 is 2.38 bits per heavy atom. The number of carbonyl (C=O) groups excluding carboxylic acids is 1. The van der Waals surface area contributed by atoms with Crippen molar-refractivity contribution in [2.24, 2.45) is 5.10 Å². The average molecular weight is 358 g/mol. The van der Waals surface area contributed by atoms with Crippen LogP contribution in [0.4, 0.5) is 0 Å². The van der Waals surface area contributed by atoms with E-state index in [1.807, 2.05) is 13.0 Å². The fourth-order valence-corrected chi connectivity index (χ4v) is 2.07. The minimum Gasteiger partial charge on any atom is -0.497 e. The van der Waals surface area contributed by atoms with Gasteiger partial charge in [0.25, 0.3) is 5.91 Å². The van der Waals surface area contributed by atoms with Crippen molar-refractivity contribution in [2.75, 3.05) is 27.4 Å². The molecule has 1 amide bonds. The molecule has 0 spiro atoms. The van der Waals surface area contributed by atoms with Gasteiger partial charge in [0.05, 0.1) is 27.0 Å². The molecule has 0 aliphatic carbocycles. The zero-order chi connectivity index (χ0) is 18.8. The van der Waals surface area contributed by atoms with Crippen LogP contribution >= 0.6 is 0 Å². The Morgan fingerprint density at radius 1 is 1.00 bits per heavy atom. The fourth-order valence-electron chi connectivity index (χ4n) is 2.07. The van der Waals surface area contributed by atoms with Gasteiger partial charge in [-0.05, 0) is 55.0 Å². The lowest BCUT2D eigenvalue weighted by atomic mass is 10.2. The van der Waals surface area contributed by atoms with Crippen LogP contribution in [0.5, 0.6) is 23.0 Å². The molecule has 0 radical (unpaired) electrons. The summed E-state index contributed by atoms with van der Waals surface area (Å²) < 4.78 is 21.1. The summed E-state index contributed by atoms with van der Waals surface area (Å²) >= 11 is 0. The maximum atomic E-state index is 11.8. The van der Waals surface area contributed by atoms with E-state index in [-0.39, 0.29) is 12.5 Å². The number of methoxy groups -OCH3 is 2. The summed E-state index contributed by atoms with van der Waals surface area (Å²) in [5.41, 5.74) is 3.18. The van der Waals surface area contributed by atoms with Crippen molar-refractivity contribution in [2.45, 2.75) is 6.92 Å². The van der Waals surface area contributed by atoms with Gasteiger partial charge in [-0.25, -0.2) is 5.43 Å². The second kappa shape index (κ2) is 9.93. The zero-order valence-corrected chi connectivity index (χ0v) is 15.0. The smallest absolute Gasteiger partial charge is 0.277 e. The lowest BCUT2D eigenvalue weighted by Crippen LogP contribution is -2.24. The molecule has 0 aliphatic rings. The number of hydrogen-bond acceptors (Lipinski definition) is 6. The first kappa shape index (κ1) is 19.1. The Labute approximate surface area is 152 Å². The van der Waals surface area contributed by atoms with Crippen molar-refractivity contribution in [3.05, 3.63) is 48.0 Å². The maximum absolute atomic E-state index is 11.8. The van der Waals surface area contributed by atoms with E-state index in [2.05, 4.69) is 10.5 Å². The Hall–Kier alpha value is -3.22. The molecule has 0 atom stereocenters. The summed E-state index contributed by atoms with van der Waals surface area (Å²) in [6, 6.07) is 12.3. The topological polar surface area (TPSA) is 78.4 Å². The van der Waals surface area contributed by atoms with E-state index in [4.69, 9.17) is 18.9 Å². The van der Waals surface area contributed by atoms with E-state index >= 15 is 0 Å². The first-order valence-electron chi connectivity index (χ1n) is 8.06. The summed E-state index contributed by atoms with van der Waals surface area (Å²) in [6.07, 6.45) is 1.52. The van der Waals surface area contributed by atoms with Gasteiger partial charge >= 0.3 is 0 Å². The van der Waals surface area contributed by atoms with Crippen LogP contribution in [0.15, 0.2) is 47.6 Å². The van der Waals surface area contributed by atoms with Crippen LogP contribution in [0.1, 0.15) is 12.5 Å². The minimum absolute atomic E-state index is 0.143. The SMILES string of the molecule is CCOc1ccc(/C=N\NC(=O)COc2ccc(OC)cc2)cc1OC. The van der Waals surface area contributed by atoms with E-state index in [1.165, 1.54) is 6.21 Å². The molecule has 0 aliphatic heterocycles. The van der Waals surface area contributed by atoms with E-state index in [0.717, 1.165) is 11.3 Å². The molecule has 138 valence electrons. The molecule has 0 saturated carbocycles. The number of carbonyl (C=O) groups is 1. The van der Waals surface area contributed by atoms with Crippen molar-refractivity contribution < 1.29 is 23.7 Å². The van der Waals surface area contributed by atoms with Gasteiger partial charge in [-0.15, -0.1) is 0 Å². The molecule has 26 heavy (non-hydrogen) atoms. The van der Waals surface area contributed by atoms with Gasteiger partial charge < -0.3 is 18.9 Å². The molecule has 0 bridgehead atoms. The third kappa shape index (κ3) is 5.70. The molecular formula is C19H22N2O5. The van der Waals surface area contributed by atoms with Gasteiger partial charge in [0, 0.05) is 0 Å². The summed E-state index contributed by atoms with van der Waals surface area (Å²) in [5, 5.41) is 3.91. The lowest BCUT2D eigenvalue weighted by molar-refractivity contribution is -0.123. The van der Waals surface area contributed by atoms with Gasteiger partial charge in [-0.2, -0.15) is 5.10 Å². The minimum atomic E-state index is -0.366. The van der Waals surface area contributed by atoms with Crippen LogP contribution in [0, 0.1) is 0 Å². The largest absolute Gasteiger partial charge is 0.497 e. The van der Waals surface area contributed by atoms with Gasteiger partial charge in [-0.3, -0.25) is 4.79 Å². The number of nitrogens with zero attached hydrogens (tertiary/aromatic N) is 1. The quantitative estimate of drug-likeness (QED) is 0.551. The number of rotatable bonds is 9. The highest BCUT2D eigenvalue weighted by Crippen LogP contribution is 2.27. The zero-order valence-electron chi connectivity index (χ0n) is 15.0. The van der Waals surface area contributed by atoms with Crippen LogP contribution in [0.2, 0.25) is 0 Å². The molecule has 0 heterocycles. The number of benzene rings is 2. The van der Waals surface area contributed by atoms with Crippen LogP contribution in [0.25, 0.3) is 0 Å². The monoisotopic (exact) mass is 358 g/mol. The highest BCUT2D eigenvalue weighted by atomic mass is 16.5. The Kier molecular flexibility index (Phi) is 7.30. The van der Waals surface area contributed by atoms with Crippen LogP contribution in [-0.4, -0.2) is 39.6 Å². The number of hydrazone groups is 1. The molecule has 0 fully saturated rings. The lowest BCUT2D eigenvalue weighted by Gasteiger charge is -2.09. The molecule has 1 N–H and O–H groups in total. The van der Waals surface area contributed by atoms with Crippen molar-refractivity contribution in [1.82, 2.24) is 5.43 Å². The van der Waals surface area contributed by atoms with E-state index in [1.54, 1.807) is 50.6 Å². The van der Waals surface area contributed by atoms with Gasteiger partial charge in [0.1, 0.15) is 11.5 Å².